The molecule has 0 radical (unpaired) electrons. The second-order valence-electron chi connectivity index (χ2n) is 5.38. The van der Waals surface area contributed by atoms with Crippen molar-refractivity contribution in [3.8, 4) is 0 Å². The Kier molecular flexibility index (Phi) is 6.84. The lowest BCUT2D eigenvalue weighted by molar-refractivity contribution is -0.146. The van der Waals surface area contributed by atoms with Crippen molar-refractivity contribution in [1.82, 2.24) is 5.32 Å². The molecule has 0 aromatic carbocycles. The number of carbonyl (C=O) groups excluding carboxylic acids is 1. The predicted octanol–water partition coefficient (Wildman–Crippen LogP) is 1.67. The third-order valence-electron chi connectivity index (χ3n) is 3.57. The summed E-state index contributed by atoms with van der Waals surface area (Å²) in [7, 11) is 0. The number of rotatable bonds is 8. The molecule has 1 saturated carbocycles. The Bertz CT molecular complexity index is 306. The van der Waals surface area contributed by atoms with Gasteiger partial charge in [0, 0.05) is 19.8 Å². The van der Waals surface area contributed by atoms with E-state index >= 15 is 0 Å². The van der Waals surface area contributed by atoms with Gasteiger partial charge in [0.1, 0.15) is 0 Å². The lowest BCUT2D eigenvalue weighted by Crippen LogP contribution is -2.36. The van der Waals surface area contributed by atoms with Crippen molar-refractivity contribution in [3.05, 3.63) is 0 Å². The van der Waals surface area contributed by atoms with Crippen molar-refractivity contribution in [3.63, 3.8) is 0 Å². The normalized spacial score (nSPS) is 26.3. The Morgan fingerprint density at radius 1 is 1.26 bits per heavy atom. The number of ether oxygens (including phenoxy) is 1. The van der Waals surface area contributed by atoms with E-state index in [0.29, 0.717) is 31.9 Å². The highest BCUT2D eigenvalue weighted by Crippen LogP contribution is 2.36. The third-order valence-corrected chi connectivity index (χ3v) is 3.57. The summed E-state index contributed by atoms with van der Waals surface area (Å²) in [5.41, 5.74) is 0. The molecule has 0 aromatic rings. The first-order valence-corrected chi connectivity index (χ1v) is 7.14. The summed E-state index contributed by atoms with van der Waals surface area (Å²) in [6.07, 6.45) is 3.04. The minimum atomic E-state index is -0.851. The molecular weight excluding hydrogens is 246 g/mol. The SMILES string of the molecule is CCCOCCCNC(=O)C1CC(C)CC1C(=O)O. The van der Waals surface area contributed by atoms with Crippen LogP contribution in [0.1, 0.15) is 39.5 Å². The number of hydrogen-bond acceptors (Lipinski definition) is 3. The van der Waals surface area contributed by atoms with Crippen LogP contribution < -0.4 is 5.32 Å². The molecule has 0 heterocycles. The van der Waals surface area contributed by atoms with E-state index in [0.717, 1.165) is 19.4 Å². The van der Waals surface area contributed by atoms with Gasteiger partial charge < -0.3 is 15.2 Å². The largest absolute Gasteiger partial charge is 0.481 e. The fraction of sp³-hybridized carbons (Fsp3) is 0.857. The van der Waals surface area contributed by atoms with Crippen LogP contribution in [0.2, 0.25) is 0 Å². The van der Waals surface area contributed by atoms with E-state index in [9.17, 15) is 9.59 Å². The standard InChI is InChI=1S/C14H25NO4/c1-3-6-19-7-4-5-15-13(16)11-8-10(2)9-12(11)14(17)18/h10-12H,3-9H2,1-2H3,(H,15,16)(H,17,18). The van der Waals surface area contributed by atoms with Gasteiger partial charge >= 0.3 is 5.97 Å². The second-order valence-corrected chi connectivity index (χ2v) is 5.38. The number of carboxylic acid groups (broad SMARTS) is 1. The van der Waals surface area contributed by atoms with Crippen LogP contribution in [0.4, 0.5) is 0 Å². The van der Waals surface area contributed by atoms with E-state index in [1.807, 2.05) is 6.92 Å². The Morgan fingerprint density at radius 3 is 2.58 bits per heavy atom. The monoisotopic (exact) mass is 271 g/mol. The summed E-state index contributed by atoms with van der Waals surface area (Å²) >= 11 is 0. The molecule has 5 heteroatoms. The zero-order chi connectivity index (χ0) is 14.3. The van der Waals surface area contributed by atoms with E-state index in [1.165, 1.54) is 0 Å². The first-order valence-electron chi connectivity index (χ1n) is 7.14. The Morgan fingerprint density at radius 2 is 1.95 bits per heavy atom. The van der Waals surface area contributed by atoms with Crippen LogP contribution in [-0.4, -0.2) is 36.7 Å². The van der Waals surface area contributed by atoms with Crippen LogP contribution in [-0.2, 0) is 14.3 Å². The van der Waals surface area contributed by atoms with Crippen molar-refractivity contribution in [1.29, 1.82) is 0 Å². The van der Waals surface area contributed by atoms with E-state index in [2.05, 4.69) is 12.2 Å². The Labute approximate surface area is 114 Å². The number of aliphatic carboxylic acids is 1. The minimum absolute atomic E-state index is 0.118. The quantitative estimate of drug-likeness (QED) is 0.658. The molecule has 2 N–H and O–H groups in total. The van der Waals surface area contributed by atoms with E-state index < -0.39 is 11.9 Å². The fourth-order valence-electron chi connectivity index (χ4n) is 2.62. The molecule has 3 atom stereocenters. The van der Waals surface area contributed by atoms with Gasteiger partial charge in [-0.2, -0.15) is 0 Å². The van der Waals surface area contributed by atoms with Gasteiger partial charge in [0.15, 0.2) is 0 Å². The summed E-state index contributed by atoms with van der Waals surface area (Å²) in [5, 5.41) is 11.9. The van der Waals surface area contributed by atoms with Gasteiger partial charge in [-0.1, -0.05) is 13.8 Å². The molecule has 1 rings (SSSR count). The van der Waals surface area contributed by atoms with E-state index in [1.54, 1.807) is 0 Å². The average molecular weight is 271 g/mol. The average Bonchev–Trinajstić information content (AvgIpc) is 2.76. The van der Waals surface area contributed by atoms with Gasteiger partial charge in [-0.15, -0.1) is 0 Å². The highest BCUT2D eigenvalue weighted by atomic mass is 16.5. The lowest BCUT2D eigenvalue weighted by Gasteiger charge is -2.15. The molecule has 0 bridgehead atoms. The molecule has 110 valence electrons. The number of carboxylic acids is 1. The van der Waals surface area contributed by atoms with Crippen molar-refractivity contribution < 1.29 is 19.4 Å². The van der Waals surface area contributed by atoms with Crippen molar-refractivity contribution in [2.75, 3.05) is 19.8 Å². The van der Waals surface area contributed by atoms with Crippen molar-refractivity contribution >= 4 is 11.9 Å². The van der Waals surface area contributed by atoms with Gasteiger partial charge in [-0.25, -0.2) is 0 Å². The highest BCUT2D eigenvalue weighted by molar-refractivity contribution is 5.85. The number of amides is 1. The second kappa shape index (κ2) is 8.15. The maximum atomic E-state index is 12.0. The summed E-state index contributed by atoms with van der Waals surface area (Å²) in [4.78, 5) is 23.1. The molecule has 0 aromatic heterocycles. The van der Waals surface area contributed by atoms with E-state index in [-0.39, 0.29) is 11.8 Å². The fourth-order valence-corrected chi connectivity index (χ4v) is 2.62. The highest BCUT2D eigenvalue weighted by Gasteiger charge is 2.40. The van der Waals surface area contributed by atoms with E-state index in [4.69, 9.17) is 9.84 Å². The smallest absolute Gasteiger partial charge is 0.307 e. The summed E-state index contributed by atoms with van der Waals surface area (Å²) in [6.45, 7) is 5.99. The van der Waals surface area contributed by atoms with Gasteiger partial charge in [0.25, 0.3) is 0 Å². The Hall–Kier alpha value is -1.10. The molecule has 0 aliphatic heterocycles. The molecule has 1 aliphatic carbocycles. The number of nitrogens with one attached hydrogen (secondary N) is 1. The summed E-state index contributed by atoms with van der Waals surface area (Å²) in [6, 6.07) is 0. The minimum Gasteiger partial charge on any atom is -0.481 e. The number of hydrogen-bond donors (Lipinski definition) is 2. The molecule has 3 unspecified atom stereocenters. The van der Waals surface area contributed by atoms with Crippen molar-refractivity contribution in [2.45, 2.75) is 39.5 Å². The summed E-state index contributed by atoms with van der Waals surface area (Å²) in [5.74, 6) is -1.55. The zero-order valence-electron chi connectivity index (χ0n) is 11.9. The molecule has 0 saturated heterocycles. The van der Waals surface area contributed by atoms with Crippen LogP contribution in [0.3, 0.4) is 0 Å². The molecule has 1 amide bonds. The maximum Gasteiger partial charge on any atom is 0.307 e. The predicted molar refractivity (Wildman–Crippen MR) is 71.8 cm³/mol. The van der Waals surface area contributed by atoms with Crippen LogP contribution in [0.5, 0.6) is 0 Å². The van der Waals surface area contributed by atoms with Gasteiger partial charge in [-0.3, -0.25) is 9.59 Å². The maximum absolute atomic E-state index is 12.0. The molecule has 19 heavy (non-hydrogen) atoms. The van der Waals surface area contributed by atoms with Crippen molar-refractivity contribution in [2.24, 2.45) is 17.8 Å². The topological polar surface area (TPSA) is 75.6 Å². The molecule has 5 nitrogen and oxygen atoms in total. The molecular formula is C14H25NO4. The van der Waals surface area contributed by atoms with Crippen LogP contribution >= 0.6 is 0 Å². The van der Waals surface area contributed by atoms with Gasteiger partial charge in [0.05, 0.1) is 11.8 Å². The first-order chi connectivity index (χ1) is 9.06. The Balaban J connectivity index is 2.26. The van der Waals surface area contributed by atoms with Gasteiger partial charge in [0.2, 0.25) is 5.91 Å². The summed E-state index contributed by atoms with van der Waals surface area (Å²) < 4.78 is 5.32. The molecule has 0 spiro atoms. The lowest BCUT2D eigenvalue weighted by atomic mass is 9.95. The number of carbonyl (C=O) groups is 2. The third kappa shape index (κ3) is 5.19. The molecule has 1 aliphatic rings. The first kappa shape index (κ1) is 16.0. The van der Waals surface area contributed by atoms with Crippen LogP contribution in [0.15, 0.2) is 0 Å². The molecule has 1 fully saturated rings. The van der Waals surface area contributed by atoms with Gasteiger partial charge in [-0.05, 0) is 31.6 Å². The van der Waals surface area contributed by atoms with Crippen LogP contribution in [0, 0.1) is 17.8 Å². The van der Waals surface area contributed by atoms with Crippen LogP contribution in [0.25, 0.3) is 0 Å². The zero-order valence-corrected chi connectivity index (χ0v) is 11.9.